The maximum absolute atomic E-state index is 13.1. The van der Waals surface area contributed by atoms with Crippen LogP contribution < -0.4 is 4.74 Å². The normalized spacial score (nSPS) is 15.7. The number of carbonyl (C=O) groups excluding carboxylic acids is 1. The first kappa shape index (κ1) is 19.9. The number of hydrogen-bond donors (Lipinski definition) is 2. The van der Waals surface area contributed by atoms with Crippen LogP contribution in [0.2, 0.25) is 0 Å². The molecule has 0 radical (unpaired) electrons. The van der Waals surface area contributed by atoms with Crippen LogP contribution in [-0.2, 0) is 10.4 Å². The highest BCUT2D eigenvalue weighted by Gasteiger charge is 2.36. The van der Waals surface area contributed by atoms with Gasteiger partial charge < -0.3 is 19.8 Å². The Morgan fingerprint density at radius 2 is 1.67 bits per heavy atom. The van der Waals surface area contributed by atoms with Crippen LogP contribution in [-0.4, -0.2) is 46.7 Å². The maximum atomic E-state index is 13.1. The van der Waals surface area contributed by atoms with Crippen molar-refractivity contribution < 1.29 is 24.5 Å². The first-order chi connectivity index (χ1) is 14.5. The fourth-order valence-electron chi connectivity index (χ4n) is 3.97. The number of carboxylic acid groups (broad SMARTS) is 1. The summed E-state index contributed by atoms with van der Waals surface area (Å²) >= 11 is 0. The lowest BCUT2D eigenvalue weighted by molar-refractivity contribution is -0.139. The molecule has 154 valence electrons. The quantitative estimate of drug-likeness (QED) is 0.679. The number of aliphatic hydroxyl groups is 1. The largest absolute Gasteiger partial charge is 0.482 e. The molecule has 1 heterocycles. The van der Waals surface area contributed by atoms with E-state index < -0.39 is 18.2 Å². The van der Waals surface area contributed by atoms with Crippen molar-refractivity contribution in [1.82, 2.24) is 4.90 Å². The van der Waals surface area contributed by atoms with Crippen LogP contribution in [0.15, 0.2) is 66.7 Å². The first-order valence-electron chi connectivity index (χ1n) is 9.91. The van der Waals surface area contributed by atoms with E-state index in [1.807, 2.05) is 42.5 Å². The van der Waals surface area contributed by atoms with Crippen molar-refractivity contribution in [2.24, 2.45) is 0 Å². The molecule has 0 bridgehead atoms. The number of hydrogen-bond acceptors (Lipinski definition) is 4. The Morgan fingerprint density at radius 3 is 2.43 bits per heavy atom. The van der Waals surface area contributed by atoms with E-state index in [1.165, 1.54) is 0 Å². The first-order valence-corrected chi connectivity index (χ1v) is 9.91. The van der Waals surface area contributed by atoms with E-state index in [4.69, 9.17) is 9.84 Å². The fourth-order valence-corrected chi connectivity index (χ4v) is 3.97. The van der Waals surface area contributed by atoms with Gasteiger partial charge >= 0.3 is 5.97 Å². The number of fused-ring (bicyclic) bond motifs is 1. The predicted molar refractivity (Wildman–Crippen MR) is 113 cm³/mol. The molecule has 0 aromatic heterocycles. The second-order valence-corrected chi connectivity index (χ2v) is 7.56. The van der Waals surface area contributed by atoms with E-state index in [1.54, 1.807) is 29.2 Å². The molecular formula is C24H23NO5. The number of piperidine rings is 1. The number of carbonyl (C=O) groups is 2. The predicted octanol–water partition coefficient (Wildman–Crippen LogP) is 3.43. The Morgan fingerprint density at radius 1 is 0.967 bits per heavy atom. The molecule has 1 amide bonds. The molecule has 0 aliphatic carbocycles. The number of benzene rings is 3. The summed E-state index contributed by atoms with van der Waals surface area (Å²) in [6.07, 6.45) is 0.789. The summed E-state index contributed by atoms with van der Waals surface area (Å²) < 4.78 is 5.23. The molecule has 30 heavy (non-hydrogen) atoms. The van der Waals surface area contributed by atoms with Crippen LogP contribution in [0.3, 0.4) is 0 Å². The number of amides is 1. The summed E-state index contributed by atoms with van der Waals surface area (Å²) in [4.78, 5) is 25.6. The van der Waals surface area contributed by atoms with E-state index in [2.05, 4.69) is 0 Å². The van der Waals surface area contributed by atoms with Gasteiger partial charge in [-0.25, -0.2) is 4.79 Å². The number of ether oxygens (including phenoxy) is 1. The molecule has 0 spiro atoms. The number of carboxylic acids is 1. The van der Waals surface area contributed by atoms with E-state index >= 15 is 0 Å². The average Bonchev–Trinajstić information content (AvgIpc) is 2.77. The Labute approximate surface area is 174 Å². The zero-order chi connectivity index (χ0) is 21.1. The van der Waals surface area contributed by atoms with Crippen molar-refractivity contribution in [3.63, 3.8) is 0 Å². The van der Waals surface area contributed by atoms with Gasteiger partial charge in [-0.15, -0.1) is 0 Å². The number of nitrogens with zero attached hydrogens (tertiary/aromatic N) is 1. The Hall–Kier alpha value is -3.38. The summed E-state index contributed by atoms with van der Waals surface area (Å²) in [5.74, 6) is -0.690. The summed E-state index contributed by atoms with van der Waals surface area (Å²) in [6.45, 7) is 0.423. The van der Waals surface area contributed by atoms with Gasteiger partial charge in [0.1, 0.15) is 5.75 Å². The Balaban J connectivity index is 1.48. The van der Waals surface area contributed by atoms with Gasteiger partial charge in [0.25, 0.3) is 5.91 Å². The van der Waals surface area contributed by atoms with Crippen LogP contribution >= 0.6 is 0 Å². The molecule has 0 unspecified atom stereocenters. The summed E-state index contributed by atoms with van der Waals surface area (Å²) in [5, 5.41) is 21.9. The van der Waals surface area contributed by atoms with Gasteiger partial charge in [0.05, 0.1) is 5.60 Å². The molecule has 1 fully saturated rings. The fraction of sp³-hybridized carbons (Fsp3) is 0.250. The molecule has 2 N–H and O–H groups in total. The van der Waals surface area contributed by atoms with Crippen molar-refractivity contribution >= 4 is 22.6 Å². The lowest BCUT2D eigenvalue weighted by atomic mass is 9.84. The van der Waals surface area contributed by atoms with Crippen LogP contribution in [0.1, 0.15) is 28.8 Å². The number of rotatable bonds is 5. The molecule has 0 atom stereocenters. The lowest BCUT2D eigenvalue weighted by Crippen LogP contribution is -2.45. The Bertz CT molecular complexity index is 1080. The zero-order valence-electron chi connectivity index (χ0n) is 16.5. The van der Waals surface area contributed by atoms with Gasteiger partial charge in [-0.2, -0.15) is 0 Å². The monoisotopic (exact) mass is 405 g/mol. The second-order valence-electron chi connectivity index (χ2n) is 7.56. The third kappa shape index (κ3) is 4.00. The third-order valence-corrected chi connectivity index (χ3v) is 5.63. The smallest absolute Gasteiger partial charge is 0.341 e. The molecule has 3 aromatic carbocycles. The average molecular weight is 405 g/mol. The molecule has 6 heteroatoms. The minimum Gasteiger partial charge on any atom is -0.482 e. The molecule has 1 aliphatic rings. The molecule has 0 saturated carbocycles. The highest BCUT2D eigenvalue weighted by Crippen LogP contribution is 2.35. The highest BCUT2D eigenvalue weighted by atomic mass is 16.5. The maximum Gasteiger partial charge on any atom is 0.341 e. The van der Waals surface area contributed by atoms with Gasteiger partial charge in [-0.3, -0.25) is 4.79 Å². The van der Waals surface area contributed by atoms with Crippen molar-refractivity contribution in [2.45, 2.75) is 18.4 Å². The minimum atomic E-state index is -1.09. The lowest BCUT2D eigenvalue weighted by Gasteiger charge is -2.38. The highest BCUT2D eigenvalue weighted by molar-refractivity contribution is 6.07. The van der Waals surface area contributed by atoms with E-state index in [9.17, 15) is 14.7 Å². The van der Waals surface area contributed by atoms with Crippen LogP contribution in [0.5, 0.6) is 5.75 Å². The topological polar surface area (TPSA) is 87.1 Å². The van der Waals surface area contributed by atoms with E-state index in [-0.39, 0.29) is 5.91 Å². The van der Waals surface area contributed by atoms with Gasteiger partial charge in [0.15, 0.2) is 6.61 Å². The molecule has 1 aliphatic heterocycles. The minimum absolute atomic E-state index is 0.0348. The van der Waals surface area contributed by atoms with E-state index in [0.29, 0.717) is 42.8 Å². The number of likely N-dealkylation sites (tertiary alicyclic amines) is 1. The van der Waals surface area contributed by atoms with Crippen molar-refractivity contribution in [2.75, 3.05) is 19.7 Å². The molecular weight excluding hydrogens is 382 g/mol. The molecule has 4 rings (SSSR count). The standard InChI is InChI=1S/C24H23NO5/c26-22(27)16-30-19-8-4-7-18(15-19)24(29)11-13-25(14-12-24)23(28)21-10-3-6-17-5-1-2-9-20(17)21/h1-10,15,29H,11-14,16H2,(H,26,27). The summed E-state index contributed by atoms with van der Waals surface area (Å²) in [5.41, 5.74) is 0.253. The Kier molecular flexibility index (Phi) is 5.42. The van der Waals surface area contributed by atoms with Gasteiger partial charge in [0, 0.05) is 18.7 Å². The number of aliphatic carboxylic acids is 1. The van der Waals surface area contributed by atoms with Gasteiger partial charge in [0.2, 0.25) is 0 Å². The summed E-state index contributed by atoms with van der Waals surface area (Å²) in [7, 11) is 0. The summed E-state index contributed by atoms with van der Waals surface area (Å²) in [6, 6.07) is 20.4. The van der Waals surface area contributed by atoms with Crippen molar-refractivity contribution in [3.8, 4) is 5.75 Å². The van der Waals surface area contributed by atoms with Crippen molar-refractivity contribution in [1.29, 1.82) is 0 Å². The SMILES string of the molecule is O=C(O)COc1cccc(C2(O)CCN(C(=O)c3cccc4ccccc34)CC2)c1. The van der Waals surface area contributed by atoms with Crippen LogP contribution in [0, 0.1) is 0 Å². The molecule has 3 aromatic rings. The van der Waals surface area contributed by atoms with Crippen molar-refractivity contribution in [3.05, 3.63) is 77.9 Å². The van der Waals surface area contributed by atoms with Crippen LogP contribution in [0.4, 0.5) is 0 Å². The van der Waals surface area contributed by atoms with Crippen LogP contribution in [0.25, 0.3) is 10.8 Å². The van der Waals surface area contributed by atoms with Gasteiger partial charge in [-0.1, -0.05) is 48.5 Å². The molecule has 6 nitrogen and oxygen atoms in total. The molecule has 1 saturated heterocycles. The zero-order valence-corrected chi connectivity index (χ0v) is 16.5. The van der Waals surface area contributed by atoms with E-state index in [0.717, 1.165) is 10.8 Å². The van der Waals surface area contributed by atoms with Gasteiger partial charge in [-0.05, 0) is 47.4 Å². The third-order valence-electron chi connectivity index (χ3n) is 5.63. The second kappa shape index (κ2) is 8.16.